The molecule has 266 valence electrons. The number of phenols is 1. The van der Waals surface area contributed by atoms with Crippen molar-refractivity contribution in [2.75, 3.05) is 53.7 Å². The van der Waals surface area contributed by atoms with E-state index in [-0.39, 0.29) is 37.1 Å². The van der Waals surface area contributed by atoms with E-state index in [1.165, 1.54) is 25.1 Å². The summed E-state index contributed by atoms with van der Waals surface area (Å²) in [5, 5.41) is 49.7. The fraction of sp³-hybridized carbons (Fsp3) is 0.600. The molecule has 1 heterocycles. The van der Waals surface area contributed by atoms with Crippen LogP contribution in [-0.2, 0) is 33.4 Å². The molecular weight excluding hydrogens is 638 g/mol. The molecule has 5 N–H and O–H groups in total. The molecule has 1 aromatic rings. The third kappa shape index (κ3) is 5.92. The van der Waals surface area contributed by atoms with Crippen molar-refractivity contribution in [3.8, 4) is 5.75 Å². The summed E-state index contributed by atoms with van der Waals surface area (Å²) >= 11 is 0. The first-order chi connectivity index (χ1) is 23.4. The van der Waals surface area contributed by atoms with Crippen molar-refractivity contribution in [1.29, 1.82) is 0 Å². The Morgan fingerprint density at radius 2 is 1.80 bits per heavy atom. The van der Waals surface area contributed by atoms with Gasteiger partial charge in [0.1, 0.15) is 28.9 Å². The van der Waals surface area contributed by atoms with Crippen molar-refractivity contribution < 1.29 is 53.8 Å². The quantitative estimate of drug-likeness (QED) is 0.185. The third-order valence-corrected chi connectivity index (χ3v) is 10.7. The molecule has 0 unspecified atom stereocenters. The van der Waals surface area contributed by atoms with Crippen LogP contribution in [0.2, 0.25) is 0 Å². The highest BCUT2D eigenvalue weighted by Gasteiger charge is 2.70. The molecule has 0 spiro atoms. The zero-order chi connectivity index (χ0) is 35.2. The van der Waals surface area contributed by atoms with Crippen molar-refractivity contribution >= 4 is 29.2 Å². The lowest BCUT2D eigenvalue weighted by molar-refractivity contribution is -0.186. The molecule has 1 aromatic carbocycles. The number of aromatic hydroxyl groups is 1. The van der Waals surface area contributed by atoms with Crippen LogP contribution in [0, 0.1) is 11.8 Å². The Morgan fingerprint density at radius 1 is 1.10 bits per heavy atom. The van der Waals surface area contributed by atoms with Gasteiger partial charge in [0.2, 0.25) is 5.78 Å². The molecule has 3 fully saturated rings. The predicted molar refractivity (Wildman–Crippen MR) is 173 cm³/mol. The average molecular weight is 684 g/mol. The first-order valence-electron chi connectivity index (χ1n) is 17.0. The summed E-state index contributed by atoms with van der Waals surface area (Å²) in [6.07, 6.45) is 2.04. The van der Waals surface area contributed by atoms with Crippen molar-refractivity contribution in [3.05, 3.63) is 46.2 Å². The van der Waals surface area contributed by atoms with Crippen molar-refractivity contribution in [1.82, 2.24) is 15.1 Å². The minimum Gasteiger partial charge on any atom is -0.508 e. The number of Topliss-reactive ketones (excluding diaryl/α,β-unsaturated/α-hetero) is 2. The highest BCUT2D eigenvalue weighted by atomic mass is 16.5. The van der Waals surface area contributed by atoms with E-state index in [0.29, 0.717) is 31.9 Å². The second-order valence-corrected chi connectivity index (χ2v) is 13.7. The molecule has 2 saturated carbocycles. The number of carbonyl (C=O) groups excluding carboxylic acids is 4. The summed E-state index contributed by atoms with van der Waals surface area (Å²) in [4.78, 5) is 59.1. The summed E-state index contributed by atoms with van der Waals surface area (Å²) in [6.45, 7) is 3.52. The molecule has 0 radical (unpaired) electrons. The number of benzene rings is 1. The van der Waals surface area contributed by atoms with Crippen LogP contribution in [0.25, 0.3) is 5.76 Å². The minimum atomic E-state index is -2.98. The maximum absolute atomic E-state index is 14.8. The van der Waals surface area contributed by atoms with Crippen molar-refractivity contribution in [2.45, 2.75) is 68.8 Å². The SMILES string of the molecule is CCC(=O)O[C@@H]1[C@@H]2C(=C(O)c3c(O)cccc3[C@H]2COC2CCCC2)C(=O)[C@@]2(O)C(O)=C(C(=O)NCN3CCOCC3)C(=O)[C@H](N(C)C)[C@@H]12. The molecule has 6 rings (SSSR count). The summed E-state index contributed by atoms with van der Waals surface area (Å²) in [7, 11) is 3.05. The molecule has 0 aromatic heterocycles. The zero-order valence-electron chi connectivity index (χ0n) is 28.0. The van der Waals surface area contributed by atoms with E-state index >= 15 is 0 Å². The Kier molecular flexibility index (Phi) is 9.88. The number of amides is 1. The number of likely N-dealkylation sites (N-methyl/N-ethyl adjacent to an activating group) is 1. The summed E-state index contributed by atoms with van der Waals surface area (Å²) < 4.78 is 17.7. The molecule has 14 nitrogen and oxygen atoms in total. The molecule has 6 atom stereocenters. The monoisotopic (exact) mass is 683 g/mol. The van der Waals surface area contributed by atoms with Gasteiger partial charge in [0, 0.05) is 36.9 Å². The predicted octanol–water partition coefficient (Wildman–Crippen LogP) is 1.32. The molecule has 0 bridgehead atoms. The fourth-order valence-electron chi connectivity index (χ4n) is 8.25. The number of hydrogen-bond donors (Lipinski definition) is 5. The highest BCUT2D eigenvalue weighted by molar-refractivity contribution is 6.25. The Labute approximate surface area is 284 Å². The Morgan fingerprint density at radius 3 is 2.45 bits per heavy atom. The van der Waals surface area contributed by atoms with Gasteiger partial charge in [-0.1, -0.05) is 31.9 Å². The van der Waals surface area contributed by atoms with Gasteiger partial charge in [0.25, 0.3) is 5.91 Å². The standard InChI is InChI=1S/C35H45N3O11/c1-4-22(40)49-31-24-20(16-48-18-8-5-6-9-18)19-10-7-11-21(39)23(19)29(41)25(24)32(43)35(46)27(31)28(37(2)3)30(42)26(33(35)44)34(45)36-17-38-12-14-47-15-13-38/h7,10-11,18,20,24,27-28,31,39,41,44,46H,4-6,8-9,12-17H2,1-3H3,(H,36,45)/t20-,24+,27+,28-,31-,35-/m1/s1. The molecule has 14 heteroatoms. The van der Waals surface area contributed by atoms with Gasteiger partial charge in [-0.05, 0) is 38.6 Å². The minimum absolute atomic E-state index is 0.0121. The van der Waals surface area contributed by atoms with Crippen LogP contribution >= 0.6 is 0 Å². The molecular formula is C35H45N3O11. The first kappa shape index (κ1) is 35.0. The Balaban J connectivity index is 1.52. The lowest BCUT2D eigenvalue weighted by Crippen LogP contribution is -2.71. The third-order valence-electron chi connectivity index (χ3n) is 10.7. The van der Waals surface area contributed by atoms with E-state index in [2.05, 4.69) is 5.32 Å². The summed E-state index contributed by atoms with van der Waals surface area (Å²) in [6, 6.07) is 3.19. The normalized spacial score (nSPS) is 30.7. The van der Waals surface area contributed by atoms with Crippen LogP contribution in [0.3, 0.4) is 0 Å². The van der Waals surface area contributed by atoms with E-state index in [1.54, 1.807) is 19.1 Å². The number of ether oxygens (including phenoxy) is 3. The molecule has 5 aliphatic rings. The van der Waals surface area contributed by atoms with Gasteiger partial charge < -0.3 is 40.0 Å². The second-order valence-electron chi connectivity index (χ2n) is 13.7. The van der Waals surface area contributed by atoms with E-state index in [4.69, 9.17) is 14.2 Å². The van der Waals surface area contributed by atoms with Gasteiger partial charge in [-0.25, -0.2) is 0 Å². The maximum atomic E-state index is 14.8. The molecule has 4 aliphatic carbocycles. The number of aliphatic hydroxyl groups excluding tert-OH is 2. The number of nitrogens with zero attached hydrogens (tertiary/aromatic N) is 2. The highest BCUT2D eigenvalue weighted by Crippen LogP contribution is 2.57. The summed E-state index contributed by atoms with van der Waals surface area (Å²) in [5.41, 5.74) is -3.79. The maximum Gasteiger partial charge on any atom is 0.305 e. The number of rotatable bonds is 9. The van der Waals surface area contributed by atoms with Crippen LogP contribution in [0.1, 0.15) is 56.1 Å². The van der Waals surface area contributed by atoms with Crippen LogP contribution in [0.5, 0.6) is 5.75 Å². The van der Waals surface area contributed by atoms with E-state index < -0.39 is 81.6 Å². The number of phenolic OH excluding ortho intramolecular Hbond substituents is 1. The number of ketones is 2. The molecule has 1 amide bonds. The van der Waals surface area contributed by atoms with Crippen molar-refractivity contribution in [2.24, 2.45) is 11.8 Å². The van der Waals surface area contributed by atoms with Gasteiger partial charge in [-0.3, -0.25) is 29.0 Å². The number of hydrogen-bond acceptors (Lipinski definition) is 13. The van der Waals surface area contributed by atoms with E-state index in [1.807, 2.05) is 4.90 Å². The molecule has 49 heavy (non-hydrogen) atoms. The van der Waals surface area contributed by atoms with Gasteiger partial charge in [-0.2, -0.15) is 0 Å². The first-order valence-corrected chi connectivity index (χ1v) is 17.0. The van der Waals surface area contributed by atoms with Gasteiger partial charge in [-0.15, -0.1) is 0 Å². The van der Waals surface area contributed by atoms with Gasteiger partial charge in [0.15, 0.2) is 11.4 Å². The Bertz CT molecular complexity index is 1580. The van der Waals surface area contributed by atoms with E-state index in [9.17, 15) is 39.6 Å². The number of esters is 1. The molecule has 1 saturated heterocycles. The van der Waals surface area contributed by atoms with E-state index in [0.717, 1.165) is 25.7 Å². The number of nitrogens with one attached hydrogen (secondary N) is 1. The van der Waals surface area contributed by atoms with Crippen LogP contribution in [0.15, 0.2) is 35.1 Å². The topological polar surface area (TPSA) is 195 Å². The molecule has 1 aliphatic heterocycles. The average Bonchev–Trinajstić information content (AvgIpc) is 3.60. The van der Waals surface area contributed by atoms with Crippen LogP contribution in [-0.4, -0.2) is 131 Å². The second kappa shape index (κ2) is 13.8. The summed E-state index contributed by atoms with van der Waals surface area (Å²) in [5.74, 6) is -9.45. The zero-order valence-corrected chi connectivity index (χ0v) is 28.0. The Hall–Kier alpha value is -3.82. The number of carbonyl (C=O) groups is 4. The lowest BCUT2D eigenvalue weighted by atomic mass is 9.54. The number of fused-ring (bicyclic) bond motifs is 3. The smallest absolute Gasteiger partial charge is 0.305 e. The van der Waals surface area contributed by atoms with Gasteiger partial charge in [0.05, 0.1) is 50.1 Å². The number of morpholine rings is 1. The number of aliphatic hydroxyl groups is 3. The van der Waals surface area contributed by atoms with Crippen LogP contribution in [0.4, 0.5) is 0 Å². The van der Waals surface area contributed by atoms with Gasteiger partial charge >= 0.3 is 5.97 Å². The van der Waals surface area contributed by atoms with Crippen LogP contribution < -0.4 is 5.32 Å². The lowest BCUT2D eigenvalue weighted by Gasteiger charge is -2.54. The van der Waals surface area contributed by atoms with Crippen molar-refractivity contribution in [3.63, 3.8) is 0 Å². The fourth-order valence-corrected chi connectivity index (χ4v) is 8.25. The largest absolute Gasteiger partial charge is 0.508 e.